The van der Waals surface area contributed by atoms with Crippen LogP contribution < -0.4 is 0 Å². The standard InChI is InChI=1S/C51H30N2O2/c54-27-29-15-19-35-36-20-16-30(28-55)24-44(36)51(43(35)23-29)45-25-31(33-9-5-11-41-39-7-1-3-13-47(39)52-49(33)41)17-21-37(45)38-22-18-32(26-46(38)51)34-10-6-12-42-40-8-2-4-14-48(40)53-50(34)42/h1-28,52-53H. The third kappa shape index (κ3) is 3.90. The number of fused-ring (bicyclic) bond motifs is 16. The summed E-state index contributed by atoms with van der Waals surface area (Å²) in [7, 11) is 0. The Hall–Kier alpha value is -7.30. The Balaban J connectivity index is 1.18. The molecular formula is C51H30N2O2. The third-order valence-corrected chi connectivity index (χ3v) is 12.3. The van der Waals surface area contributed by atoms with Gasteiger partial charge in [0.05, 0.1) is 16.4 Å². The molecule has 0 atom stereocenters. The molecule has 1 spiro atoms. The number of para-hydroxylation sites is 4. The number of carbonyl (C=O) groups is 2. The molecule has 0 unspecified atom stereocenters. The van der Waals surface area contributed by atoms with Crippen molar-refractivity contribution >= 4 is 56.2 Å². The van der Waals surface area contributed by atoms with Gasteiger partial charge in [-0.3, -0.25) is 9.59 Å². The Bertz CT molecular complexity index is 3100. The van der Waals surface area contributed by atoms with Gasteiger partial charge in [-0.05, 0) is 92.0 Å². The van der Waals surface area contributed by atoms with Gasteiger partial charge in [-0.1, -0.05) is 121 Å². The van der Waals surface area contributed by atoms with Gasteiger partial charge >= 0.3 is 0 Å². The fourth-order valence-electron chi connectivity index (χ4n) is 9.97. The zero-order valence-corrected chi connectivity index (χ0v) is 29.5. The molecule has 0 saturated carbocycles. The number of rotatable bonds is 4. The van der Waals surface area contributed by atoms with Gasteiger partial charge in [-0.2, -0.15) is 0 Å². The maximum atomic E-state index is 12.5. The quantitative estimate of drug-likeness (QED) is 0.179. The molecule has 8 aromatic carbocycles. The van der Waals surface area contributed by atoms with Crippen LogP contribution in [0.2, 0.25) is 0 Å². The molecule has 0 fully saturated rings. The van der Waals surface area contributed by atoms with Crippen molar-refractivity contribution in [1.82, 2.24) is 9.97 Å². The van der Waals surface area contributed by atoms with E-state index in [0.717, 1.165) is 101 Å². The van der Waals surface area contributed by atoms with E-state index in [4.69, 9.17) is 0 Å². The van der Waals surface area contributed by atoms with Crippen LogP contribution in [-0.2, 0) is 5.41 Å². The normalized spacial score (nSPS) is 13.4. The largest absolute Gasteiger partial charge is 0.354 e. The lowest BCUT2D eigenvalue weighted by Crippen LogP contribution is -2.26. The van der Waals surface area contributed by atoms with Crippen LogP contribution in [0.15, 0.2) is 158 Å². The van der Waals surface area contributed by atoms with Crippen molar-refractivity contribution in [3.8, 4) is 44.5 Å². The highest BCUT2D eigenvalue weighted by Crippen LogP contribution is 2.64. The van der Waals surface area contributed by atoms with Gasteiger partial charge in [0.25, 0.3) is 0 Å². The molecular weight excluding hydrogens is 673 g/mol. The van der Waals surface area contributed by atoms with E-state index in [9.17, 15) is 9.59 Å². The molecule has 10 aromatic rings. The molecule has 4 nitrogen and oxygen atoms in total. The Morgan fingerprint density at radius 2 is 0.764 bits per heavy atom. The van der Waals surface area contributed by atoms with Crippen LogP contribution in [-0.4, -0.2) is 22.5 Å². The number of benzene rings is 8. The van der Waals surface area contributed by atoms with Gasteiger partial charge in [0.2, 0.25) is 0 Å². The van der Waals surface area contributed by atoms with E-state index in [-0.39, 0.29) is 0 Å². The lowest BCUT2D eigenvalue weighted by atomic mass is 9.69. The number of carbonyl (C=O) groups excluding carboxylic acids is 2. The fraction of sp³-hybridized carbons (Fsp3) is 0.0196. The van der Waals surface area contributed by atoms with Crippen molar-refractivity contribution < 1.29 is 9.59 Å². The minimum atomic E-state index is -0.790. The first-order chi connectivity index (χ1) is 27.1. The van der Waals surface area contributed by atoms with E-state index in [1.165, 1.54) is 21.5 Å². The van der Waals surface area contributed by atoms with E-state index in [1.807, 2.05) is 12.1 Å². The SMILES string of the molecule is O=Cc1ccc2c(c1)C1(c3cc(C=O)ccc3-2)c2cc(-c3cccc4c3[nH]c3ccccc34)ccc2-c2ccc(-c3cccc4c3[nH]c3ccccc34)cc21. The molecule has 2 aromatic heterocycles. The smallest absolute Gasteiger partial charge is 0.150 e. The first-order valence-corrected chi connectivity index (χ1v) is 18.6. The molecule has 2 heterocycles. The average molecular weight is 703 g/mol. The number of hydrogen-bond donors (Lipinski definition) is 2. The van der Waals surface area contributed by atoms with Gasteiger partial charge < -0.3 is 9.97 Å². The molecule has 4 heteroatoms. The van der Waals surface area contributed by atoms with Crippen LogP contribution in [0.4, 0.5) is 0 Å². The fourth-order valence-corrected chi connectivity index (χ4v) is 9.97. The van der Waals surface area contributed by atoms with Crippen molar-refractivity contribution in [3.63, 3.8) is 0 Å². The number of hydrogen-bond acceptors (Lipinski definition) is 2. The van der Waals surface area contributed by atoms with Crippen molar-refractivity contribution in [2.24, 2.45) is 0 Å². The number of nitrogens with one attached hydrogen (secondary N) is 2. The van der Waals surface area contributed by atoms with Crippen LogP contribution in [0.5, 0.6) is 0 Å². The molecule has 0 saturated heterocycles. The summed E-state index contributed by atoms with van der Waals surface area (Å²) in [5.74, 6) is 0. The monoisotopic (exact) mass is 702 g/mol. The Kier molecular flexibility index (Phi) is 5.97. The summed E-state index contributed by atoms with van der Waals surface area (Å²) in [5, 5.41) is 4.77. The van der Waals surface area contributed by atoms with Gasteiger partial charge in [0.1, 0.15) is 12.6 Å². The molecule has 12 rings (SSSR count). The maximum absolute atomic E-state index is 12.5. The number of aromatic nitrogens is 2. The minimum Gasteiger partial charge on any atom is -0.354 e. The molecule has 0 radical (unpaired) electrons. The molecule has 256 valence electrons. The Labute approximate surface area is 315 Å². The van der Waals surface area contributed by atoms with Crippen LogP contribution in [0.3, 0.4) is 0 Å². The number of aromatic amines is 2. The summed E-state index contributed by atoms with van der Waals surface area (Å²) in [6.07, 6.45) is 1.87. The molecule has 0 bridgehead atoms. The van der Waals surface area contributed by atoms with E-state index in [1.54, 1.807) is 0 Å². The van der Waals surface area contributed by atoms with Crippen LogP contribution in [0.1, 0.15) is 43.0 Å². The second-order valence-corrected chi connectivity index (χ2v) is 14.9. The minimum absolute atomic E-state index is 0.620. The Morgan fingerprint density at radius 1 is 0.364 bits per heavy atom. The van der Waals surface area contributed by atoms with Crippen molar-refractivity contribution in [2.75, 3.05) is 0 Å². The highest BCUT2D eigenvalue weighted by atomic mass is 16.1. The van der Waals surface area contributed by atoms with Crippen molar-refractivity contribution in [1.29, 1.82) is 0 Å². The predicted molar refractivity (Wildman–Crippen MR) is 223 cm³/mol. The van der Waals surface area contributed by atoms with E-state index < -0.39 is 5.41 Å². The first-order valence-electron chi connectivity index (χ1n) is 18.6. The van der Waals surface area contributed by atoms with Crippen molar-refractivity contribution in [3.05, 3.63) is 191 Å². The van der Waals surface area contributed by atoms with Crippen molar-refractivity contribution in [2.45, 2.75) is 5.41 Å². The molecule has 2 N–H and O–H groups in total. The molecule has 0 amide bonds. The lowest BCUT2D eigenvalue weighted by molar-refractivity contribution is 0.111. The maximum Gasteiger partial charge on any atom is 0.150 e. The summed E-state index contributed by atoms with van der Waals surface area (Å²) in [4.78, 5) is 32.4. The highest BCUT2D eigenvalue weighted by Gasteiger charge is 2.52. The number of aldehydes is 2. The van der Waals surface area contributed by atoms with E-state index in [2.05, 4.69) is 156 Å². The summed E-state index contributed by atoms with van der Waals surface area (Å²) < 4.78 is 0. The second-order valence-electron chi connectivity index (χ2n) is 14.9. The Morgan fingerprint density at radius 3 is 1.22 bits per heavy atom. The third-order valence-electron chi connectivity index (χ3n) is 12.3. The van der Waals surface area contributed by atoms with Gasteiger partial charge in [-0.25, -0.2) is 0 Å². The summed E-state index contributed by atoms with van der Waals surface area (Å²) in [5.41, 5.74) is 18.1. The van der Waals surface area contributed by atoms with Gasteiger partial charge in [0, 0.05) is 54.8 Å². The highest BCUT2D eigenvalue weighted by molar-refractivity contribution is 6.13. The summed E-state index contributed by atoms with van der Waals surface area (Å²) in [6.45, 7) is 0. The average Bonchev–Trinajstić information content (AvgIpc) is 3.97. The molecule has 55 heavy (non-hydrogen) atoms. The summed E-state index contributed by atoms with van der Waals surface area (Å²) >= 11 is 0. The van der Waals surface area contributed by atoms with E-state index >= 15 is 0 Å². The van der Waals surface area contributed by atoms with Crippen LogP contribution in [0, 0.1) is 0 Å². The van der Waals surface area contributed by atoms with Gasteiger partial charge in [-0.15, -0.1) is 0 Å². The topological polar surface area (TPSA) is 65.7 Å². The molecule has 2 aliphatic rings. The zero-order chi connectivity index (χ0) is 36.4. The van der Waals surface area contributed by atoms with E-state index in [0.29, 0.717) is 11.1 Å². The van der Waals surface area contributed by atoms with Crippen LogP contribution >= 0.6 is 0 Å². The zero-order valence-electron chi connectivity index (χ0n) is 29.5. The molecule has 0 aliphatic heterocycles. The second kappa shape index (κ2) is 10.9. The first kappa shape index (κ1) is 30.2. The van der Waals surface area contributed by atoms with Crippen LogP contribution in [0.25, 0.3) is 88.1 Å². The van der Waals surface area contributed by atoms with Gasteiger partial charge in [0.15, 0.2) is 0 Å². The molecule has 2 aliphatic carbocycles. The predicted octanol–water partition coefficient (Wildman–Crippen LogP) is 12.3. The lowest BCUT2D eigenvalue weighted by Gasteiger charge is -2.31. The number of H-pyrrole nitrogens is 2. The summed E-state index contributed by atoms with van der Waals surface area (Å²) in [6, 6.07) is 55.7.